The fraction of sp³-hybridized carbons (Fsp3) is 0.545. The number of hydrogen-bond acceptors (Lipinski definition) is 6. The van der Waals surface area contributed by atoms with Crippen LogP contribution in [-0.4, -0.2) is 60.5 Å². The van der Waals surface area contributed by atoms with Gasteiger partial charge in [-0.15, -0.1) is 0 Å². The van der Waals surface area contributed by atoms with Crippen molar-refractivity contribution in [1.29, 1.82) is 0 Å². The number of sulfonamides is 1. The maximum atomic E-state index is 13.9. The quantitative estimate of drug-likeness (QED) is 0.313. The molecule has 2 aliphatic rings. The Kier molecular flexibility index (Phi) is 10.0. The number of likely N-dealkylation sites (N-methyl/N-ethyl adjacent to an activating group) is 1. The third-order valence-corrected chi connectivity index (χ3v) is 9.59. The van der Waals surface area contributed by atoms with E-state index in [1.54, 1.807) is 39.0 Å². The average Bonchev–Trinajstić information content (AvgIpc) is 3.51. The molecule has 0 radical (unpaired) electrons. The zero-order valence-corrected chi connectivity index (χ0v) is 27.2. The minimum atomic E-state index is -4.25. The first-order chi connectivity index (χ1) is 20.3. The van der Waals surface area contributed by atoms with Gasteiger partial charge in [0.05, 0.1) is 18.6 Å². The van der Waals surface area contributed by atoms with Gasteiger partial charge in [-0.1, -0.05) is 43.7 Å². The predicted octanol–water partition coefficient (Wildman–Crippen LogP) is 5.99. The highest BCUT2D eigenvalue weighted by Crippen LogP contribution is 2.39. The van der Waals surface area contributed by atoms with Crippen LogP contribution in [0.3, 0.4) is 0 Å². The summed E-state index contributed by atoms with van der Waals surface area (Å²) in [5.74, 6) is 1.26. The number of hydrogen-bond donors (Lipinski definition) is 1. The van der Waals surface area contributed by atoms with Crippen LogP contribution in [0.2, 0.25) is 0 Å². The Morgan fingerprint density at radius 2 is 1.77 bits per heavy atom. The Hall–Kier alpha value is -3.24. The molecule has 0 atom stereocenters. The lowest BCUT2D eigenvalue weighted by Crippen LogP contribution is -2.44. The summed E-state index contributed by atoms with van der Waals surface area (Å²) in [4.78, 5) is 28.2. The third kappa shape index (κ3) is 7.12. The average molecular weight is 613 g/mol. The molecular formula is C33H46N3O6S+. The molecule has 234 valence electrons. The molecule has 10 heteroatoms. The number of ether oxygens (including phenoxy) is 2. The molecule has 1 heterocycles. The largest absolute Gasteiger partial charge is 0.443 e. The number of nitrogens with zero attached hydrogens (tertiary/aromatic N) is 2. The van der Waals surface area contributed by atoms with Crippen LogP contribution >= 0.6 is 0 Å². The van der Waals surface area contributed by atoms with E-state index in [1.165, 1.54) is 6.07 Å². The number of rotatable bonds is 11. The van der Waals surface area contributed by atoms with Gasteiger partial charge in [0.15, 0.2) is 0 Å². The molecule has 0 unspecified atom stereocenters. The standard InChI is InChI=1S/C33H45N3O6S/c1-7-9-16-29-35(6)33(19-12-13-20-33)30(37)36(29)22-24-17-18-26(25(21-24)23-41-8-2)27-14-10-11-15-28(27)43(39,40)34-31(38)42-32(3,4)5/h10-11,14-15,17-18,21H,7-9,12-13,16,19-20,22-23H2,1-6H3/p+1. The molecule has 0 aromatic heterocycles. The van der Waals surface area contributed by atoms with Crippen LogP contribution in [-0.2, 0) is 37.4 Å². The van der Waals surface area contributed by atoms with E-state index in [0.717, 1.165) is 61.9 Å². The summed E-state index contributed by atoms with van der Waals surface area (Å²) >= 11 is 0. The van der Waals surface area contributed by atoms with Gasteiger partial charge in [0.1, 0.15) is 12.1 Å². The SMILES string of the molecule is CCCCC1=[N+](C)C2(CCCC2)C(=O)N1Cc1ccc(-c2ccccc2S(=O)(=O)NC(=O)OC(C)(C)C)c(COCC)c1. The van der Waals surface area contributed by atoms with Crippen LogP contribution < -0.4 is 4.72 Å². The van der Waals surface area contributed by atoms with E-state index in [0.29, 0.717) is 24.3 Å². The summed E-state index contributed by atoms with van der Waals surface area (Å²) in [6.07, 6.45) is 5.74. The van der Waals surface area contributed by atoms with Crippen LogP contribution in [0.5, 0.6) is 0 Å². The van der Waals surface area contributed by atoms with Crippen molar-refractivity contribution in [3.8, 4) is 11.1 Å². The number of amidine groups is 1. The highest BCUT2D eigenvalue weighted by molar-refractivity contribution is 7.90. The molecule has 9 nitrogen and oxygen atoms in total. The highest BCUT2D eigenvalue weighted by Gasteiger charge is 2.58. The first kappa shape index (κ1) is 32.7. The summed E-state index contributed by atoms with van der Waals surface area (Å²) in [6, 6.07) is 12.4. The van der Waals surface area contributed by atoms with Gasteiger partial charge in [-0.05, 0) is 75.8 Å². The maximum Gasteiger partial charge on any atom is 0.421 e. The van der Waals surface area contributed by atoms with Gasteiger partial charge in [-0.3, -0.25) is 4.58 Å². The lowest BCUT2D eigenvalue weighted by molar-refractivity contribution is -0.560. The van der Waals surface area contributed by atoms with Crippen molar-refractivity contribution in [2.75, 3.05) is 13.7 Å². The maximum absolute atomic E-state index is 13.9. The van der Waals surface area contributed by atoms with E-state index < -0.39 is 27.3 Å². The second-order valence-electron chi connectivity index (χ2n) is 12.4. The lowest BCUT2D eigenvalue weighted by Gasteiger charge is -2.20. The van der Waals surface area contributed by atoms with E-state index in [-0.39, 0.29) is 17.4 Å². The van der Waals surface area contributed by atoms with Crippen LogP contribution in [0.25, 0.3) is 11.1 Å². The van der Waals surface area contributed by atoms with E-state index in [9.17, 15) is 18.0 Å². The lowest BCUT2D eigenvalue weighted by atomic mass is 9.95. The molecule has 43 heavy (non-hydrogen) atoms. The minimum absolute atomic E-state index is 0.0407. The number of amides is 2. The van der Waals surface area contributed by atoms with Crippen molar-refractivity contribution >= 4 is 27.9 Å². The molecular weight excluding hydrogens is 566 g/mol. The fourth-order valence-electron chi connectivity index (χ4n) is 6.16. The second kappa shape index (κ2) is 13.2. The van der Waals surface area contributed by atoms with E-state index in [1.807, 2.05) is 34.7 Å². The second-order valence-corrected chi connectivity index (χ2v) is 14.1. The number of unbranched alkanes of at least 4 members (excludes halogenated alkanes) is 1. The number of carbonyl (C=O) groups excluding carboxylic acids is 2. The molecule has 0 bridgehead atoms. The van der Waals surface area contributed by atoms with Crippen molar-refractivity contribution in [3.63, 3.8) is 0 Å². The Morgan fingerprint density at radius 3 is 2.42 bits per heavy atom. The molecule has 1 N–H and O–H groups in total. The number of benzene rings is 2. The fourth-order valence-corrected chi connectivity index (χ4v) is 7.26. The molecule has 1 saturated carbocycles. The van der Waals surface area contributed by atoms with Crippen molar-refractivity contribution in [3.05, 3.63) is 53.6 Å². The number of carbonyl (C=O) groups is 2. The van der Waals surface area contributed by atoms with Crippen LogP contribution in [0, 0.1) is 0 Å². The predicted molar refractivity (Wildman–Crippen MR) is 166 cm³/mol. The Balaban J connectivity index is 1.70. The van der Waals surface area contributed by atoms with E-state index >= 15 is 0 Å². The van der Waals surface area contributed by atoms with Crippen molar-refractivity contribution < 1.29 is 32.1 Å². The Morgan fingerprint density at radius 1 is 1.07 bits per heavy atom. The smallest absolute Gasteiger partial charge is 0.421 e. The summed E-state index contributed by atoms with van der Waals surface area (Å²) in [7, 11) is -2.18. The van der Waals surface area contributed by atoms with Gasteiger partial charge in [0.25, 0.3) is 15.9 Å². The first-order valence-electron chi connectivity index (χ1n) is 15.3. The summed E-state index contributed by atoms with van der Waals surface area (Å²) in [5.41, 5.74) is 1.56. The Bertz CT molecular complexity index is 1490. The molecule has 1 spiro atoms. The van der Waals surface area contributed by atoms with Gasteiger partial charge < -0.3 is 9.47 Å². The van der Waals surface area contributed by atoms with Gasteiger partial charge >= 0.3 is 12.0 Å². The molecule has 2 aromatic carbocycles. The van der Waals surface area contributed by atoms with Crippen LogP contribution in [0.4, 0.5) is 4.79 Å². The molecule has 1 aliphatic carbocycles. The summed E-state index contributed by atoms with van der Waals surface area (Å²) < 4.78 is 42.0. The van der Waals surface area contributed by atoms with Gasteiger partial charge in [-0.2, -0.15) is 4.90 Å². The van der Waals surface area contributed by atoms with Crippen LogP contribution in [0.1, 0.15) is 90.7 Å². The monoisotopic (exact) mass is 612 g/mol. The van der Waals surface area contributed by atoms with E-state index in [2.05, 4.69) is 18.5 Å². The van der Waals surface area contributed by atoms with Crippen LogP contribution in [0.15, 0.2) is 47.4 Å². The molecule has 1 fully saturated rings. The molecule has 2 aromatic rings. The molecule has 2 amide bonds. The topological polar surface area (TPSA) is 105 Å². The van der Waals surface area contributed by atoms with Gasteiger partial charge in [0.2, 0.25) is 5.54 Å². The van der Waals surface area contributed by atoms with Crippen molar-refractivity contribution in [1.82, 2.24) is 9.62 Å². The zero-order chi connectivity index (χ0) is 31.4. The number of nitrogens with one attached hydrogen (secondary N) is 1. The molecule has 0 saturated heterocycles. The van der Waals surface area contributed by atoms with E-state index in [4.69, 9.17) is 9.47 Å². The zero-order valence-electron chi connectivity index (χ0n) is 26.4. The third-order valence-electron chi connectivity index (χ3n) is 8.22. The van der Waals surface area contributed by atoms with Gasteiger partial charge in [-0.25, -0.2) is 22.7 Å². The molecule has 4 rings (SSSR count). The summed E-state index contributed by atoms with van der Waals surface area (Å²) in [6.45, 7) is 10.2. The Labute approximate surface area is 256 Å². The molecule has 1 aliphatic heterocycles. The highest BCUT2D eigenvalue weighted by atomic mass is 32.2. The first-order valence-corrected chi connectivity index (χ1v) is 16.8. The normalized spacial score (nSPS) is 16.8. The van der Waals surface area contributed by atoms with Gasteiger partial charge in [0, 0.05) is 31.4 Å². The summed E-state index contributed by atoms with van der Waals surface area (Å²) in [5, 5.41) is 0. The van der Waals surface area contributed by atoms with Crippen molar-refractivity contribution in [2.24, 2.45) is 0 Å². The minimum Gasteiger partial charge on any atom is -0.443 e. The van der Waals surface area contributed by atoms with Crippen molar-refractivity contribution in [2.45, 2.75) is 109 Å².